The highest BCUT2D eigenvalue weighted by Gasteiger charge is 1.96. The van der Waals surface area contributed by atoms with Crippen molar-refractivity contribution in [3.05, 3.63) is 48.5 Å². The Balaban J connectivity index is 1.96. The number of ether oxygens (including phenoxy) is 1. The highest BCUT2D eigenvalue weighted by Crippen LogP contribution is 2.01. The van der Waals surface area contributed by atoms with Gasteiger partial charge in [0, 0.05) is 18.6 Å². The fourth-order valence-electron chi connectivity index (χ4n) is 0.982. The van der Waals surface area contributed by atoms with Crippen molar-refractivity contribution in [2.75, 3.05) is 0 Å². The van der Waals surface area contributed by atoms with E-state index in [1.807, 2.05) is 18.2 Å². The van der Waals surface area contributed by atoms with Crippen molar-refractivity contribution in [2.24, 2.45) is 0 Å². The average molecular weight is 187 g/mol. The van der Waals surface area contributed by atoms with E-state index in [-0.39, 0.29) is 0 Å². The van der Waals surface area contributed by atoms with Crippen LogP contribution in [-0.2, 0) is 6.61 Å². The van der Waals surface area contributed by atoms with Crippen molar-refractivity contribution in [1.29, 1.82) is 0 Å². The third-order valence-corrected chi connectivity index (χ3v) is 1.62. The molecule has 14 heavy (non-hydrogen) atoms. The lowest BCUT2D eigenvalue weighted by molar-refractivity contribution is 0.276. The molecule has 0 radical (unpaired) electrons. The van der Waals surface area contributed by atoms with Gasteiger partial charge >= 0.3 is 6.01 Å². The highest BCUT2D eigenvalue weighted by molar-refractivity contribution is 5.03. The van der Waals surface area contributed by atoms with Crippen LogP contribution in [0.15, 0.2) is 42.9 Å². The molecular formula is C10H9N3O. The molecule has 0 aromatic carbocycles. The van der Waals surface area contributed by atoms with Crippen LogP contribution >= 0.6 is 0 Å². The van der Waals surface area contributed by atoms with Crippen LogP contribution in [0.25, 0.3) is 0 Å². The molecule has 0 saturated carbocycles. The minimum atomic E-state index is 0.373. The second kappa shape index (κ2) is 4.32. The molecule has 0 spiro atoms. The summed E-state index contributed by atoms with van der Waals surface area (Å²) in [5, 5.41) is 0. The zero-order valence-electron chi connectivity index (χ0n) is 7.50. The lowest BCUT2D eigenvalue weighted by Gasteiger charge is -2.01. The van der Waals surface area contributed by atoms with E-state index in [4.69, 9.17) is 4.74 Å². The lowest BCUT2D eigenvalue weighted by atomic mass is 10.4. The summed E-state index contributed by atoms with van der Waals surface area (Å²) in [5.74, 6) is 0. The Morgan fingerprint density at radius 1 is 0.929 bits per heavy atom. The molecule has 0 unspecified atom stereocenters. The molecule has 2 rings (SSSR count). The van der Waals surface area contributed by atoms with E-state index in [2.05, 4.69) is 15.0 Å². The van der Waals surface area contributed by atoms with Gasteiger partial charge in [-0.1, -0.05) is 6.07 Å². The second-order valence-electron chi connectivity index (χ2n) is 2.64. The topological polar surface area (TPSA) is 47.9 Å². The van der Waals surface area contributed by atoms with E-state index in [0.29, 0.717) is 12.6 Å². The summed E-state index contributed by atoms with van der Waals surface area (Å²) in [6.45, 7) is 0.394. The van der Waals surface area contributed by atoms with Crippen molar-refractivity contribution >= 4 is 0 Å². The van der Waals surface area contributed by atoms with Gasteiger partial charge in [-0.25, -0.2) is 9.97 Å². The van der Waals surface area contributed by atoms with E-state index >= 15 is 0 Å². The molecule has 0 saturated heterocycles. The molecule has 2 heterocycles. The molecule has 0 fully saturated rings. The maximum atomic E-state index is 5.31. The predicted octanol–water partition coefficient (Wildman–Crippen LogP) is 1.45. The number of hydrogen-bond acceptors (Lipinski definition) is 4. The summed E-state index contributed by atoms with van der Waals surface area (Å²) in [4.78, 5) is 12.0. The van der Waals surface area contributed by atoms with Gasteiger partial charge in [0.25, 0.3) is 0 Å². The zero-order valence-corrected chi connectivity index (χ0v) is 7.50. The number of pyridine rings is 1. The van der Waals surface area contributed by atoms with Gasteiger partial charge in [0.2, 0.25) is 0 Å². The van der Waals surface area contributed by atoms with E-state index in [1.165, 1.54) is 0 Å². The summed E-state index contributed by atoms with van der Waals surface area (Å²) < 4.78 is 5.31. The molecule has 0 atom stereocenters. The Bertz CT molecular complexity index is 338. The minimum absolute atomic E-state index is 0.373. The van der Waals surface area contributed by atoms with Gasteiger partial charge in [-0.3, -0.25) is 4.98 Å². The van der Waals surface area contributed by atoms with Gasteiger partial charge in [-0.2, -0.15) is 0 Å². The van der Waals surface area contributed by atoms with Crippen LogP contribution in [0.5, 0.6) is 6.01 Å². The molecule has 0 bridgehead atoms. The van der Waals surface area contributed by atoms with E-state index in [9.17, 15) is 0 Å². The number of nitrogens with zero attached hydrogens (tertiary/aromatic N) is 3. The van der Waals surface area contributed by atoms with Gasteiger partial charge in [0.05, 0.1) is 5.69 Å². The van der Waals surface area contributed by atoms with Gasteiger partial charge in [-0.15, -0.1) is 0 Å². The van der Waals surface area contributed by atoms with E-state index < -0.39 is 0 Å². The SMILES string of the molecule is c1ccc(COc2ncccn2)nc1. The molecule has 0 aliphatic carbocycles. The average Bonchev–Trinajstić information content (AvgIpc) is 2.29. The van der Waals surface area contributed by atoms with Gasteiger partial charge in [0.1, 0.15) is 6.61 Å². The maximum Gasteiger partial charge on any atom is 0.316 e. The van der Waals surface area contributed by atoms with Crippen LogP contribution in [0, 0.1) is 0 Å². The Labute approximate surface area is 81.6 Å². The van der Waals surface area contributed by atoms with Gasteiger partial charge in [0.15, 0.2) is 0 Å². The number of aromatic nitrogens is 3. The fraction of sp³-hybridized carbons (Fsp3) is 0.100. The maximum absolute atomic E-state index is 5.31. The van der Waals surface area contributed by atoms with Crippen LogP contribution in [0.1, 0.15) is 5.69 Å². The van der Waals surface area contributed by atoms with Crippen LogP contribution in [0.2, 0.25) is 0 Å². The highest BCUT2D eigenvalue weighted by atomic mass is 16.5. The van der Waals surface area contributed by atoms with Crippen LogP contribution in [0.3, 0.4) is 0 Å². The summed E-state index contributed by atoms with van der Waals surface area (Å²) in [6.07, 6.45) is 5.01. The van der Waals surface area contributed by atoms with Crippen molar-refractivity contribution in [3.63, 3.8) is 0 Å². The summed E-state index contributed by atoms with van der Waals surface area (Å²) in [7, 11) is 0. The first-order valence-electron chi connectivity index (χ1n) is 4.25. The standard InChI is InChI=1S/C10H9N3O/c1-2-5-11-9(4-1)8-14-10-12-6-3-7-13-10/h1-7H,8H2. The van der Waals surface area contributed by atoms with E-state index in [0.717, 1.165) is 5.69 Å². The molecule has 2 aromatic rings. The first-order valence-corrected chi connectivity index (χ1v) is 4.25. The van der Waals surface area contributed by atoms with E-state index in [1.54, 1.807) is 24.7 Å². The largest absolute Gasteiger partial charge is 0.457 e. The lowest BCUT2D eigenvalue weighted by Crippen LogP contribution is -2.00. The Hall–Kier alpha value is -1.97. The first-order chi connectivity index (χ1) is 6.95. The zero-order chi connectivity index (χ0) is 9.64. The molecule has 0 amide bonds. The molecule has 0 aliphatic heterocycles. The van der Waals surface area contributed by atoms with Crippen molar-refractivity contribution in [1.82, 2.24) is 15.0 Å². The van der Waals surface area contributed by atoms with Crippen molar-refractivity contribution in [3.8, 4) is 6.01 Å². The Morgan fingerprint density at radius 2 is 1.71 bits per heavy atom. The molecule has 4 heteroatoms. The molecule has 4 nitrogen and oxygen atoms in total. The van der Waals surface area contributed by atoms with Gasteiger partial charge < -0.3 is 4.74 Å². The van der Waals surface area contributed by atoms with Crippen LogP contribution < -0.4 is 4.74 Å². The predicted molar refractivity (Wildman–Crippen MR) is 50.6 cm³/mol. The van der Waals surface area contributed by atoms with Gasteiger partial charge in [-0.05, 0) is 18.2 Å². The molecule has 0 aliphatic rings. The minimum Gasteiger partial charge on any atom is -0.457 e. The Morgan fingerprint density at radius 3 is 2.43 bits per heavy atom. The second-order valence-corrected chi connectivity index (χ2v) is 2.64. The smallest absolute Gasteiger partial charge is 0.316 e. The van der Waals surface area contributed by atoms with Crippen LogP contribution in [0.4, 0.5) is 0 Å². The third kappa shape index (κ3) is 2.26. The Kier molecular flexibility index (Phi) is 2.66. The molecule has 0 N–H and O–H groups in total. The summed E-state index contributed by atoms with van der Waals surface area (Å²) >= 11 is 0. The number of hydrogen-bond donors (Lipinski definition) is 0. The molecule has 2 aromatic heterocycles. The van der Waals surface area contributed by atoms with Crippen LogP contribution in [-0.4, -0.2) is 15.0 Å². The molecule has 70 valence electrons. The van der Waals surface area contributed by atoms with Crippen molar-refractivity contribution in [2.45, 2.75) is 6.61 Å². The monoisotopic (exact) mass is 187 g/mol. The summed E-state index contributed by atoms with van der Waals surface area (Å²) in [6, 6.07) is 7.79. The summed E-state index contributed by atoms with van der Waals surface area (Å²) in [5.41, 5.74) is 0.861. The van der Waals surface area contributed by atoms with Crippen molar-refractivity contribution < 1.29 is 4.74 Å². The fourth-order valence-corrected chi connectivity index (χ4v) is 0.982. The third-order valence-electron chi connectivity index (χ3n) is 1.62. The molecular weight excluding hydrogens is 178 g/mol. The quantitative estimate of drug-likeness (QED) is 0.729. The first kappa shape index (κ1) is 8.62. The normalized spacial score (nSPS) is 9.71. The number of rotatable bonds is 3.